The van der Waals surface area contributed by atoms with E-state index < -0.39 is 11.7 Å². The van der Waals surface area contributed by atoms with E-state index in [9.17, 15) is 14.4 Å². The van der Waals surface area contributed by atoms with Crippen molar-refractivity contribution in [3.63, 3.8) is 0 Å². The maximum absolute atomic E-state index is 13.7. The Bertz CT molecular complexity index is 1030. The molecule has 0 bridgehead atoms. The summed E-state index contributed by atoms with van der Waals surface area (Å²) in [7, 11) is 2.89. The zero-order valence-corrected chi connectivity index (χ0v) is 23.2. The average molecular weight is 533 g/mol. The minimum Gasteiger partial charge on any atom is -0.485 e. The predicted octanol–water partition coefficient (Wildman–Crippen LogP) is 2.95. The smallest absolute Gasteiger partial charge is 0.406 e. The lowest BCUT2D eigenvalue weighted by Gasteiger charge is -2.33. The number of pyridine rings is 1. The van der Waals surface area contributed by atoms with Crippen molar-refractivity contribution in [2.75, 3.05) is 40.5 Å². The number of ether oxygens (including phenoxy) is 4. The second-order valence-corrected chi connectivity index (χ2v) is 10.4. The summed E-state index contributed by atoms with van der Waals surface area (Å²) in [5.74, 6) is 0.182. The molecule has 1 aromatic rings. The van der Waals surface area contributed by atoms with Gasteiger partial charge in [0.15, 0.2) is 0 Å². The van der Waals surface area contributed by atoms with Crippen LogP contribution in [0.4, 0.5) is 4.79 Å². The molecule has 1 atom stereocenters. The molecule has 1 unspecified atom stereocenters. The lowest BCUT2D eigenvalue weighted by Crippen LogP contribution is -2.42. The van der Waals surface area contributed by atoms with Crippen molar-refractivity contribution < 1.29 is 33.3 Å². The Hall–Kier alpha value is -3.34. The summed E-state index contributed by atoms with van der Waals surface area (Å²) in [4.78, 5) is 45.4. The van der Waals surface area contributed by atoms with Gasteiger partial charge in [0.05, 0.1) is 38.6 Å². The molecule has 3 rings (SSSR count). The number of aryl methyl sites for hydroxylation is 1. The number of hydrogen-bond donors (Lipinski definition) is 1. The minimum absolute atomic E-state index is 0.0698. The molecule has 38 heavy (non-hydrogen) atoms. The Morgan fingerprint density at radius 1 is 1.26 bits per heavy atom. The Labute approximate surface area is 224 Å². The van der Waals surface area contributed by atoms with Crippen molar-refractivity contribution in [3.05, 3.63) is 35.3 Å². The normalized spacial score (nSPS) is 16.2. The molecule has 3 amide bonds. The zero-order valence-electron chi connectivity index (χ0n) is 23.2. The van der Waals surface area contributed by atoms with Gasteiger partial charge in [0.1, 0.15) is 13.2 Å². The first-order valence-electron chi connectivity index (χ1n) is 13.0. The molecular weight excluding hydrogens is 492 g/mol. The van der Waals surface area contributed by atoms with Crippen LogP contribution in [0.5, 0.6) is 5.88 Å². The van der Waals surface area contributed by atoms with E-state index in [-0.39, 0.29) is 42.9 Å². The highest BCUT2D eigenvalue weighted by Crippen LogP contribution is 2.36. The number of carbonyl (C=O) groups excluding carboxylic acids is 3. The number of hydrogen-bond acceptors (Lipinski definition) is 8. The standard InChI is InChI=1S/C27H40N4O7/c1-18(20-14-19(24(35-5)29-15-20)8-7-11-28-26(34)36-6)31(21-9-10-21)25(33)22-16-30(12-13-37-22)23(32)17-38-27(2,3)4/h14-16,18,21H,7-13,17H2,1-6H3,(H,28,34). The quantitative estimate of drug-likeness (QED) is 0.432. The Morgan fingerprint density at radius 3 is 2.63 bits per heavy atom. The molecule has 210 valence electrons. The molecule has 1 aliphatic heterocycles. The maximum atomic E-state index is 13.7. The Kier molecular flexibility index (Phi) is 9.96. The van der Waals surface area contributed by atoms with Crippen LogP contribution in [0.15, 0.2) is 24.2 Å². The van der Waals surface area contributed by atoms with Crippen molar-refractivity contribution in [2.45, 2.75) is 71.1 Å². The van der Waals surface area contributed by atoms with Gasteiger partial charge in [0.2, 0.25) is 11.6 Å². The zero-order chi connectivity index (χ0) is 27.9. The molecule has 2 aliphatic rings. The first kappa shape index (κ1) is 29.2. The van der Waals surface area contributed by atoms with Gasteiger partial charge in [-0.15, -0.1) is 0 Å². The predicted molar refractivity (Wildman–Crippen MR) is 139 cm³/mol. The number of aromatic nitrogens is 1. The molecule has 0 aromatic carbocycles. The highest BCUT2D eigenvalue weighted by molar-refractivity contribution is 5.93. The number of nitrogens with zero attached hydrogens (tertiary/aromatic N) is 3. The fraction of sp³-hybridized carbons (Fsp3) is 0.630. The molecule has 1 aromatic heterocycles. The summed E-state index contributed by atoms with van der Waals surface area (Å²) in [5, 5.41) is 2.67. The van der Waals surface area contributed by atoms with E-state index in [0.29, 0.717) is 31.8 Å². The SMILES string of the molecule is COC(=O)NCCCc1cc(C(C)N(C(=O)C2=CN(C(=O)COC(C)(C)C)CCO2)C2CC2)cnc1OC. The monoisotopic (exact) mass is 532 g/mol. The lowest BCUT2D eigenvalue weighted by molar-refractivity contribution is -0.141. The molecule has 2 heterocycles. The van der Waals surface area contributed by atoms with E-state index >= 15 is 0 Å². The van der Waals surface area contributed by atoms with Gasteiger partial charge in [-0.05, 0) is 65.0 Å². The number of methoxy groups -OCH3 is 2. The number of amides is 3. The van der Waals surface area contributed by atoms with Gasteiger partial charge in [0, 0.05) is 24.3 Å². The van der Waals surface area contributed by atoms with Gasteiger partial charge < -0.3 is 34.1 Å². The van der Waals surface area contributed by atoms with Gasteiger partial charge >= 0.3 is 6.09 Å². The fourth-order valence-electron chi connectivity index (χ4n) is 4.12. The number of carbonyl (C=O) groups is 3. The van der Waals surface area contributed by atoms with E-state index in [1.54, 1.807) is 13.3 Å². The molecule has 1 aliphatic carbocycles. The molecule has 1 fully saturated rings. The number of nitrogens with one attached hydrogen (secondary N) is 1. The van der Waals surface area contributed by atoms with E-state index in [4.69, 9.17) is 14.2 Å². The molecule has 11 nitrogen and oxygen atoms in total. The van der Waals surface area contributed by atoms with Crippen molar-refractivity contribution in [2.24, 2.45) is 0 Å². The second-order valence-electron chi connectivity index (χ2n) is 10.4. The molecule has 0 spiro atoms. The van der Waals surface area contributed by atoms with Crippen LogP contribution in [0.25, 0.3) is 0 Å². The molecule has 0 saturated heterocycles. The summed E-state index contributed by atoms with van der Waals surface area (Å²) in [6.45, 7) is 8.60. The first-order chi connectivity index (χ1) is 18.0. The van der Waals surface area contributed by atoms with Crippen molar-refractivity contribution in [3.8, 4) is 5.88 Å². The summed E-state index contributed by atoms with van der Waals surface area (Å²) >= 11 is 0. The molecule has 0 radical (unpaired) electrons. The van der Waals surface area contributed by atoms with Crippen LogP contribution in [-0.4, -0.2) is 84.9 Å². The number of alkyl carbamates (subject to hydrolysis) is 1. The lowest BCUT2D eigenvalue weighted by atomic mass is 10.0. The van der Waals surface area contributed by atoms with Gasteiger partial charge in [0.25, 0.3) is 11.8 Å². The third-order valence-electron chi connectivity index (χ3n) is 6.31. The van der Waals surface area contributed by atoms with Crippen LogP contribution in [-0.2, 0) is 30.2 Å². The van der Waals surface area contributed by atoms with Gasteiger partial charge in [-0.2, -0.15) is 0 Å². The molecule has 11 heteroatoms. The summed E-state index contributed by atoms with van der Waals surface area (Å²) in [6.07, 6.45) is 5.84. The van der Waals surface area contributed by atoms with E-state index in [2.05, 4.69) is 15.0 Å². The highest BCUT2D eigenvalue weighted by Gasteiger charge is 2.39. The molecule has 1 saturated carbocycles. The third-order valence-corrected chi connectivity index (χ3v) is 6.31. The van der Waals surface area contributed by atoms with Crippen LogP contribution in [0, 0.1) is 0 Å². The van der Waals surface area contributed by atoms with Crippen LogP contribution in [0.1, 0.15) is 64.1 Å². The largest absolute Gasteiger partial charge is 0.485 e. The van der Waals surface area contributed by atoms with Gasteiger partial charge in [-0.3, -0.25) is 9.59 Å². The van der Waals surface area contributed by atoms with Crippen LogP contribution < -0.4 is 10.1 Å². The van der Waals surface area contributed by atoms with E-state index in [0.717, 1.165) is 24.0 Å². The van der Waals surface area contributed by atoms with Crippen LogP contribution in [0.3, 0.4) is 0 Å². The van der Waals surface area contributed by atoms with Gasteiger partial charge in [-0.1, -0.05) is 0 Å². The van der Waals surface area contributed by atoms with Crippen molar-refractivity contribution in [1.29, 1.82) is 0 Å². The summed E-state index contributed by atoms with van der Waals surface area (Å²) in [6, 6.07) is 1.81. The highest BCUT2D eigenvalue weighted by atomic mass is 16.5. The third kappa shape index (κ3) is 8.08. The number of rotatable bonds is 11. The van der Waals surface area contributed by atoms with E-state index in [1.165, 1.54) is 18.2 Å². The van der Waals surface area contributed by atoms with Gasteiger partial charge in [-0.25, -0.2) is 9.78 Å². The molecule has 1 N–H and O–H groups in total. The average Bonchev–Trinajstić information content (AvgIpc) is 3.74. The fourth-order valence-corrected chi connectivity index (χ4v) is 4.12. The maximum Gasteiger partial charge on any atom is 0.406 e. The Balaban J connectivity index is 1.74. The van der Waals surface area contributed by atoms with Crippen molar-refractivity contribution >= 4 is 17.9 Å². The van der Waals surface area contributed by atoms with Crippen LogP contribution >= 0.6 is 0 Å². The minimum atomic E-state index is -0.475. The summed E-state index contributed by atoms with van der Waals surface area (Å²) < 4.78 is 21.4. The van der Waals surface area contributed by atoms with Crippen LogP contribution in [0.2, 0.25) is 0 Å². The van der Waals surface area contributed by atoms with E-state index in [1.807, 2.05) is 38.7 Å². The Morgan fingerprint density at radius 2 is 2.00 bits per heavy atom. The second kappa shape index (κ2) is 12.9. The van der Waals surface area contributed by atoms with Crippen molar-refractivity contribution in [1.82, 2.24) is 20.1 Å². The first-order valence-corrected chi connectivity index (χ1v) is 13.0. The molecular formula is C27H40N4O7. The summed E-state index contributed by atoms with van der Waals surface area (Å²) in [5.41, 5.74) is 1.31. The topological polar surface area (TPSA) is 120 Å².